The summed E-state index contributed by atoms with van der Waals surface area (Å²) in [6.07, 6.45) is 0. The molecule has 0 saturated heterocycles. The first kappa shape index (κ1) is 12.7. The Morgan fingerprint density at radius 3 is 2.89 bits per heavy atom. The molecule has 0 spiro atoms. The van der Waals surface area contributed by atoms with Gasteiger partial charge in [-0.15, -0.1) is 0 Å². The normalized spacial score (nSPS) is 17.9. The summed E-state index contributed by atoms with van der Waals surface area (Å²) < 4.78 is 6.76. The van der Waals surface area contributed by atoms with Gasteiger partial charge in [0.25, 0.3) is 0 Å². The van der Waals surface area contributed by atoms with Crippen molar-refractivity contribution in [3.8, 4) is 0 Å². The Balaban J connectivity index is 1.88. The highest BCUT2D eigenvalue weighted by molar-refractivity contribution is 9.10. The third-order valence-electron chi connectivity index (χ3n) is 3.36. The smallest absolute Gasteiger partial charge is 0.0751 e. The van der Waals surface area contributed by atoms with Gasteiger partial charge in [0.15, 0.2) is 0 Å². The quantitative estimate of drug-likeness (QED) is 0.884. The van der Waals surface area contributed by atoms with Crippen molar-refractivity contribution < 1.29 is 4.74 Å². The molecule has 2 nitrogen and oxygen atoms in total. The molecule has 1 atom stereocenters. The number of fused-ring (bicyclic) bond motifs is 1. The van der Waals surface area contributed by atoms with Crippen LogP contribution in [-0.2, 0) is 11.3 Å². The number of ether oxygens (including phenoxy) is 1. The van der Waals surface area contributed by atoms with Gasteiger partial charge in [0, 0.05) is 10.2 Å². The highest BCUT2D eigenvalue weighted by Crippen LogP contribution is 2.29. The van der Waals surface area contributed by atoms with Crippen molar-refractivity contribution in [1.82, 2.24) is 0 Å². The molecule has 2 aromatic carbocycles. The van der Waals surface area contributed by atoms with E-state index >= 15 is 0 Å². The average Bonchev–Trinajstić information content (AvgIpc) is 2.38. The van der Waals surface area contributed by atoms with E-state index in [0.29, 0.717) is 13.2 Å². The van der Waals surface area contributed by atoms with Gasteiger partial charge in [0.2, 0.25) is 0 Å². The van der Waals surface area contributed by atoms with Gasteiger partial charge < -0.3 is 10.1 Å². The average molecular weight is 318 g/mol. The minimum Gasteiger partial charge on any atom is -0.376 e. The summed E-state index contributed by atoms with van der Waals surface area (Å²) in [5.74, 6) is 0. The lowest BCUT2D eigenvalue weighted by Crippen LogP contribution is -2.23. The van der Waals surface area contributed by atoms with Crippen molar-refractivity contribution >= 4 is 21.6 Å². The van der Waals surface area contributed by atoms with Crippen LogP contribution in [0.5, 0.6) is 0 Å². The maximum Gasteiger partial charge on any atom is 0.0751 e. The summed E-state index contributed by atoms with van der Waals surface area (Å²) in [4.78, 5) is 0. The topological polar surface area (TPSA) is 21.3 Å². The van der Waals surface area contributed by atoms with Gasteiger partial charge in [-0.2, -0.15) is 0 Å². The van der Waals surface area contributed by atoms with E-state index in [0.717, 1.165) is 10.2 Å². The van der Waals surface area contributed by atoms with Crippen molar-refractivity contribution in [2.45, 2.75) is 19.6 Å². The van der Waals surface area contributed by atoms with Crippen LogP contribution >= 0.6 is 15.9 Å². The Labute approximate surface area is 121 Å². The number of nitrogens with one attached hydrogen (secondary N) is 1. The lowest BCUT2D eigenvalue weighted by molar-refractivity contribution is 0.0970. The monoisotopic (exact) mass is 317 g/mol. The van der Waals surface area contributed by atoms with Crippen LogP contribution in [0.25, 0.3) is 0 Å². The highest BCUT2D eigenvalue weighted by atomic mass is 79.9. The Hall–Kier alpha value is -1.32. The van der Waals surface area contributed by atoms with E-state index in [4.69, 9.17) is 4.74 Å². The summed E-state index contributed by atoms with van der Waals surface area (Å²) in [7, 11) is 0. The number of benzene rings is 2. The second-order valence-electron chi connectivity index (χ2n) is 4.93. The molecule has 0 aliphatic carbocycles. The van der Waals surface area contributed by atoms with Crippen LogP contribution < -0.4 is 5.32 Å². The molecule has 19 heavy (non-hydrogen) atoms. The number of anilines is 1. The number of hydrogen-bond donors (Lipinski definition) is 1. The van der Waals surface area contributed by atoms with Crippen molar-refractivity contribution in [3.63, 3.8) is 0 Å². The summed E-state index contributed by atoms with van der Waals surface area (Å²) in [5.41, 5.74) is 4.98. The summed E-state index contributed by atoms with van der Waals surface area (Å²) in [5, 5.41) is 3.56. The number of hydrogen-bond acceptors (Lipinski definition) is 2. The fourth-order valence-corrected chi connectivity index (χ4v) is 3.13. The Morgan fingerprint density at radius 2 is 2.05 bits per heavy atom. The van der Waals surface area contributed by atoms with Gasteiger partial charge >= 0.3 is 0 Å². The van der Waals surface area contributed by atoms with Gasteiger partial charge in [-0.1, -0.05) is 40.2 Å². The van der Waals surface area contributed by atoms with Gasteiger partial charge in [0.1, 0.15) is 0 Å². The molecular weight excluding hydrogens is 302 g/mol. The predicted octanol–water partition coefficient (Wildman–Crippen LogP) is 4.44. The molecule has 0 amide bonds. The van der Waals surface area contributed by atoms with Gasteiger partial charge in [-0.3, -0.25) is 0 Å². The van der Waals surface area contributed by atoms with E-state index < -0.39 is 0 Å². The highest BCUT2D eigenvalue weighted by Gasteiger charge is 2.20. The van der Waals surface area contributed by atoms with E-state index in [9.17, 15) is 0 Å². The SMILES string of the molecule is Cc1cc(Br)cc(NC2COCc3ccccc32)c1. The van der Waals surface area contributed by atoms with E-state index in [1.54, 1.807) is 0 Å². The van der Waals surface area contributed by atoms with Crippen molar-refractivity contribution in [1.29, 1.82) is 0 Å². The number of aryl methyl sites for hydroxylation is 1. The first-order valence-corrected chi connectivity index (χ1v) is 7.21. The van der Waals surface area contributed by atoms with Crippen molar-refractivity contribution in [2.75, 3.05) is 11.9 Å². The van der Waals surface area contributed by atoms with Crippen LogP contribution in [0.1, 0.15) is 22.7 Å². The fourth-order valence-electron chi connectivity index (χ4n) is 2.52. The molecule has 3 heteroatoms. The molecule has 1 aliphatic rings. The lowest BCUT2D eigenvalue weighted by atomic mass is 9.99. The zero-order valence-corrected chi connectivity index (χ0v) is 12.4. The molecule has 1 N–H and O–H groups in total. The maximum absolute atomic E-state index is 5.67. The summed E-state index contributed by atoms with van der Waals surface area (Å²) in [6, 6.07) is 15.1. The number of rotatable bonds is 2. The Bertz CT molecular complexity index is 577. The van der Waals surface area contributed by atoms with Crippen molar-refractivity contribution in [2.24, 2.45) is 0 Å². The summed E-state index contributed by atoms with van der Waals surface area (Å²) in [6.45, 7) is 3.52. The molecule has 0 radical (unpaired) electrons. The molecule has 0 bridgehead atoms. The maximum atomic E-state index is 5.67. The van der Waals surface area contributed by atoms with Crippen LogP contribution in [0.2, 0.25) is 0 Å². The van der Waals surface area contributed by atoms with E-state index in [2.05, 4.69) is 70.6 Å². The molecule has 2 aromatic rings. The number of halogens is 1. The van der Waals surface area contributed by atoms with Gasteiger partial charge in [-0.25, -0.2) is 0 Å². The molecule has 1 unspecified atom stereocenters. The molecule has 0 saturated carbocycles. The lowest BCUT2D eigenvalue weighted by Gasteiger charge is -2.27. The molecule has 0 aromatic heterocycles. The second kappa shape index (κ2) is 5.35. The van der Waals surface area contributed by atoms with Crippen LogP contribution in [0.4, 0.5) is 5.69 Å². The molecule has 1 heterocycles. The summed E-state index contributed by atoms with van der Waals surface area (Å²) >= 11 is 3.54. The molecule has 1 aliphatic heterocycles. The first-order chi connectivity index (χ1) is 9.22. The minimum atomic E-state index is 0.221. The van der Waals surface area contributed by atoms with Crippen LogP contribution in [-0.4, -0.2) is 6.61 Å². The Morgan fingerprint density at radius 1 is 1.21 bits per heavy atom. The van der Waals surface area contributed by atoms with Crippen LogP contribution in [0.3, 0.4) is 0 Å². The van der Waals surface area contributed by atoms with Gasteiger partial charge in [-0.05, 0) is 41.8 Å². The third kappa shape index (κ3) is 2.82. The van der Waals surface area contributed by atoms with E-state index in [-0.39, 0.29) is 6.04 Å². The van der Waals surface area contributed by atoms with E-state index in [1.807, 2.05) is 0 Å². The standard InChI is InChI=1S/C16H16BrNO/c1-11-6-13(17)8-14(7-11)18-16-10-19-9-12-4-2-3-5-15(12)16/h2-8,16,18H,9-10H2,1H3. The zero-order valence-electron chi connectivity index (χ0n) is 10.8. The van der Waals surface area contributed by atoms with Crippen LogP contribution in [0, 0.1) is 6.92 Å². The van der Waals surface area contributed by atoms with Crippen LogP contribution in [0.15, 0.2) is 46.9 Å². The van der Waals surface area contributed by atoms with Crippen molar-refractivity contribution in [3.05, 3.63) is 63.6 Å². The zero-order chi connectivity index (χ0) is 13.2. The first-order valence-electron chi connectivity index (χ1n) is 6.41. The van der Waals surface area contributed by atoms with Gasteiger partial charge in [0.05, 0.1) is 19.3 Å². The molecule has 0 fully saturated rings. The molecular formula is C16H16BrNO. The largest absolute Gasteiger partial charge is 0.376 e. The Kier molecular flexibility index (Phi) is 3.58. The molecule has 98 valence electrons. The predicted molar refractivity (Wildman–Crippen MR) is 81.3 cm³/mol. The second-order valence-corrected chi connectivity index (χ2v) is 5.84. The fraction of sp³-hybridized carbons (Fsp3) is 0.250. The molecule has 3 rings (SSSR count). The third-order valence-corrected chi connectivity index (χ3v) is 3.81. The van der Waals surface area contributed by atoms with E-state index in [1.165, 1.54) is 16.7 Å². The minimum absolute atomic E-state index is 0.221.